The van der Waals surface area contributed by atoms with Crippen molar-refractivity contribution in [3.8, 4) is 0 Å². The summed E-state index contributed by atoms with van der Waals surface area (Å²) in [4.78, 5) is 12.5. The van der Waals surface area contributed by atoms with E-state index >= 15 is 0 Å². The average Bonchev–Trinajstić information content (AvgIpc) is 3.25. The quantitative estimate of drug-likeness (QED) is 0.0459. The molecule has 5 nitrogen and oxygen atoms in total. The number of hydrogen-bond acceptors (Lipinski definition) is 4. The molecule has 0 saturated carbocycles. The molecule has 0 aliphatic rings. The van der Waals surface area contributed by atoms with E-state index in [4.69, 9.17) is 0 Å². The zero-order valence-corrected chi connectivity index (χ0v) is 41.8. The summed E-state index contributed by atoms with van der Waals surface area (Å²) < 4.78 is 0. The van der Waals surface area contributed by atoms with Crippen molar-refractivity contribution in [2.24, 2.45) is 0 Å². The average molecular weight is 865 g/mol. The van der Waals surface area contributed by atoms with Crippen molar-refractivity contribution < 1.29 is 20.1 Å². The maximum Gasteiger partial charge on any atom is 0.222 e. The number of hydrogen-bond donors (Lipinski definition) is 4. The second-order valence-corrected chi connectivity index (χ2v) is 19.9. The zero-order valence-electron chi connectivity index (χ0n) is 41.8. The van der Waals surface area contributed by atoms with E-state index in [0.717, 1.165) is 25.7 Å². The molecule has 0 rings (SSSR count). The molecular weight excluding hydrogens is 751 g/mol. The maximum atomic E-state index is 12.5. The Bertz CT molecular complexity index is 822. The van der Waals surface area contributed by atoms with Gasteiger partial charge in [-0.2, -0.15) is 0 Å². The van der Waals surface area contributed by atoms with Crippen LogP contribution in [0.25, 0.3) is 0 Å². The van der Waals surface area contributed by atoms with E-state index in [-0.39, 0.29) is 18.9 Å². The molecule has 0 bridgehead atoms. The fourth-order valence-electron chi connectivity index (χ4n) is 9.35. The number of rotatable bonds is 53. The molecule has 61 heavy (non-hydrogen) atoms. The Kier molecular flexibility index (Phi) is 51.4. The number of nitrogens with one attached hydrogen (secondary N) is 1. The van der Waals surface area contributed by atoms with Gasteiger partial charge in [0.05, 0.1) is 31.3 Å². The van der Waals surface area contributed by atoms with E-state index in [2.05, 4.69) is 19.2 Å². The van der Waals surface area contributed by atoms with E-state index in [1.54, 1.807) is 0 Å². The van der Waals surface area contributed by atoms with Crippen molar-refractivity contribution in [2.45, 2.75) is 347 Å². The second kappa shape index (κ2) is 52.0. The molecule has 3 unspecified atom stereocenters. The van der Waals surface area contributed by atoms with Gasteiger partial charge in [0.15, 0.2) is 0 Å². The van der Waals surface area contributed by atoms with Gasteiger partial charge >= 0.3 is 0 Å². The van der Waals surface area contributed by atoms with Crippen molar-refractivity contribution >= 4 is 5.91 Å². The summed E-state index contributed by atoms with van der Waals surface area (Å²) in [5.41, 5.74) is 0. The molecule has 0 heterocycles. The van der Waals surface area contributed by atoms with Crippen molar-refractivity contribution in [1.29, 1.82) is 0 Å². The van der Waals surface area contributed by atoms with Crippen molar-refractivity contribution in [3.05, 3.63) is 0 Å². The fourth-order valence-corrected chi connectivity index (χ4v) is 9.35. The summed E-state index contributed by atoms with van der Waals surface area (Å²) >= 11 is 0. The predicted molar refractivity (Wildman–Crippen MR) is 269 cm³/mol. The van der Waals surface area contributed by atoms with Crippen LogP contribution in [-0.2, 0) is 4.79 Å². The van der Waals surface area contributed by atoms with E-state index in [1.165, 1.54) is 270 Å². The molecule has 0 radical (unpaired) electrons. The van der Waals surface area contributed by atoms with E-state index < -0.39 is 18.2 Å². The van der Waals surface area contributed by atoms with Crippen LogP contribution in [-0.4, -0.2) is 46.1 Å². The standard InChI is InChI=1S/C56H113NO4/c1-3-5-7-9-11-13-15-17-19-21-23-24-25-26-27-28-29-30-32-33-35-37-39-41-43-45-47-49-53(59)51-56(61)57-54(52-58)55(60)50-48-46-44-42-40-38-36-34-31-22-20-18-16-14-12-10-8-6-4-2/h53-55,58-60H,3-52H2,1-2H3,(H,57,61). The van der Waals surface area contributed by atoms with Gasteiger partial charge in [0, 0.05) is 0 Å². The van der Waals surface area contributed by atoms with Gasteiger partial charge < -0.3 is 20.6 Å². The van der Waals surface area contributed by atoms with Crippen LogP contribution >= 0.6 is 0 Å². The Labute approximate surface area is 383 Å². The molecule has 0 saturated heterocycles. The Morgan fingerprint density at radius 1 is 0.344 bits per heavy atom. The molecule has 366 valence electrons. The van der Waals surface area contributed by atoms with Crippen LogP contribution in [0.1, 0.15) is 328 Å². The lowest BCUT2D eigenvalue weighted by atomic mass is 10.0. The van der Waals surface area contributed by atoms with Crippen LogP contribution in [0.3, 0.4) is 0 Å². The van der Waals surface area contributed by atoms with Crippen LogP contribution in [0.4, 0.5) is 0 Å². The highest BCUT2D eigenvalue weighted by Gasteiger charge is 2.21. The number of amides is 1. The van der Waals surface area contributed by atoms with Gasteiger partial charge in [0.1, 0.15) is 0 Å². The SMILES string of the molecule is CCCCCCCCCCCCCCCCCCCCCCCCCCCCCC(O)CC(=O)NC(CO)C(O)CCCCCCCCCCCCCCCCCCCCC. The molecule has 0 aliphatic heterocycles. The smallest absolute Gasteiger partial charge is 0.222 e. The lowest BCUT2D eigenvalue weighted by Crippen LogP contribution is -2.46. The van der Waals surface area contributed by atoms with Crippen LogP contribution in [0.2, 0.25) is 0 Å². The van der Waals surface area contributed by atoms with Gasteiger partial charge in [-0.25, -0.2) is 0 Å². The lowest BCUT2D eigenvalue weighted by molar-refractivity contribution is -0.125. The summed E-state index contributed by atoms with van der Waals surface area (Å²) in [5, 5.41) is 33.6. The van der Waals surface area contributed by atoms with Crippen LogP contribution in [0.15, 0.2) is 0 Å². The van der Waals surface area contributed by atoms with Gasteiger partial charge in [-0.1, -0.05) is 309 Å². The largest absolute Gasteiger partial charge is 0.394 e. The van der Waals surface area contributed by atoms with E-state index in [1.807, 2.05) is 0 Å². The van der Waals surface area contributed by atoms with Gasteiger partial charge in [0.25, 0.3) is 0 Å². The number of aliphatic hydroxyl groups is 3. The number of carbonyl (C=O) groups is 1. The topological polar surface area (TPSA) is 89.8 Å². The first-order valence-electron chi connectivity index (χ1n) is 28.3. The number of aliphatic hydroxyl groups excluding tert-OH is 3. The summed E-state index contributed by atoms with van der Waals surface area (Å²) in [6, 6.07) is -0.654. The summed E-state index contributed by atoms with van der Waals surface area (Å²) in [5.74, 6) is -0.274. The van der Waals surface area contributed by atoms with Crippen molar-refractivity contribution in [2.75, 3.05) is 6.61 Å². The Balaban J connectivity index is 3.47. The van der Waals surface area contributed by atoms with Crippen molar-refractivity contribution in [3.63, 3.8) is 0 Å². The Hall–Kier alpha value is -0.650. The molecule has 0 aliphatic carbocycles. The molecule has 0 aromatic carbocycles. The van der Waals surface area contributed by atoms with Gasteiger partial charge in [0.2, 0.25) is 5.91 Å². The molecular formula is C56H113NO4. The monoisotopic (exact) mass is 864 g/mol. The van der Waals surface area contributed by atoms with Crippen molar-refractivity contribution in [1.82, 2.24) is 5.32 Å². The summed E-state index contributed by atoms with van der Waals surface area (Å²) in [7, 11) is 0. The van der Waals surface area contributed by atoms with E-state index in [9.17, 15) is 20.1 Å². The third-order valence-electron chi connectivity index (χ3n) is 13.7. The molecule has 0 aromatic heterocycles. The van der Waals surface area contributed by atoms with E-state index in [0.29, 0.717) is 12.8 Å². The Morgan fingerprint density at radius 2 is 0.557 bits per heavy atom. The number of carbonyl (C=O) groups excluding carboxylic acids is 1. The maximum absolute atomic E-state index is 12.5. The molecule has 3 atom stereocenters. The van der Waals surface area contributed by atoms with Gasteiger partial charge in [-0.3, -0.25) is 4.79 Å². The molecule has 0 spiro atoms. The minimum absolute atomic E-state index is 0.0436. The minimum Gasteiger partial charge on any atom is -0.394 e. The molecule has 1 amide bonds. The first-order chi connectivity index (χ1) is 30.0. The second-order valence-electron chi connectivity index (χ2n) is 19.9. The predicted octanol–water partition coefficient (Wildman–Crippen LogP) is 17.3. The summed E-state index contributed by atoms with van der Waals surface area (Å²) in [6.45, 7) is 4.31. The van der Waals surface area contributed by atoms with Gasteiger partial charge in [-0.05, 0) is 12.8 Å². The fraction of sp³-hybridized carbons (Fsp3) is 0.982. The third-order valence-corrected chi connectivity index (χ3v) is 13.7. The Morgan fingerprint density at radius 3 is 0.787 bits per heavy atom. The highest BCUT2D eigenvalue weighted by atomic mass is 16.3. The van der Waals surface area contributed by atoms with Gasteiger partial charge in [-0.15, -0.1) is 0 Å². The van der Waals surface area contributed by atoms with Crippen LogP contribution < -0.4 is 5.32 Å². The number of unbranched alkanes of at least 4 members (excludes halogenated alkanes) is 44. The normalized spacial score (nSPS) is 13.2. The molecule has 0 aromatic rings. The molecule has 4 N–H and O–H groups in total. The zero-order chi connectivity index (χ0) is 44.4. The van der Waals surface area contributed by atoms with Crippen LogP contribution in [0, 0.1) is 0 Å². The highest BCUT2D eigenvalue weighted by Crippen LogP contribution is 2.19. The first kappa shape index (κ1) is 60.4. The first-order valence-corrected chi connectivity index (χ1v) is 28.3. The minimum atomic E-state index is -0.745. The highest BCUT2D eigenvalue weighted by molar-refractivity contribution is 5.76. The van der Waals surface area contributed by atoms with Crippen LogP contribution in [0.5, 0.6) is 0 Å². The summed E-state index contributed by atoms with van der Waals surface area (Å²) in [6.07, 6.45) is 62.6. The molecule has 5 heteroatoms. The molecule has 0 fully saturated rings. The third kappa shape index (κ3) is 48.6. The lowest BCUT2D eigenvalue weighted by Gasteiger charge is -2.23.